The van der Waals surface area contributed by atoms with Crippen molar-refractivity contribution < 1.29 is 18.8 Å². The van der Waals surface area contributed by atoms with Crippen LogP contribution in [0.2, 0.25) is 0 Å². The molecule has 0 radical (unpaired) electrons. The van der Waals surface area contributed by atoms with E-state index in [1.807, 2.05) is 65.4 Å². The van der Waals surface area contributed by atoms with E-state index in [0.29, 0.717) is 18.9 Å². The molecule has 0 bridgehead atoms. The van der Waals surface area contributed by atoms with Crippen molar-refractivity contribution in [1.29, 1.82) is 5.26 Å². The van der Waals surface area contributed by atoms with Crippen molar-refractivity contribution in [2.24, 2.45) is 0 Å². The third kappa shape index (κ3) is 5.05. The van der Waals surface area contributed by atoms with Crippen molar-refractivity contribution in [3.63, 3.8) is 0 Å². The molecule has 8 heteroatoms. The maximum atomic E-state index is 12.6. The third-order valence-corrected chi connectivity index (χ3v) is 5.01. The molecule has 0 saturated heterocycles. The molecule has 0 aliphatic rings. The van der Waals surface area contributed by atoms with Gasteiger partial charge in [0, 0.05) is 28.7 Å². The molecule has 0 atom stereocenters. The number of para-hydroxylation sites is 1. The topological polar surface area (TPSA) is 102 Å². The van der Waals surface area contributed by atoms with Crippen LogP contribution in [0.1, 0.15) is 11.3 Å². The SMILES string of the molecule is COc1ccc(OCCn2cc(/C=C(/C#N)C(=O)Nc3cc(C)on3)c3ccccc32)cc1. The summed E-state index contributed by atoms with van der Waals surface area (Å²) in [6.45, 7) is 2.76. The van der Waals surface area contributed by atoms with Gasteiger partial charge in [-0.3, -0.25) is 4.79 Å². The van der Waals surface area contributed by atoms with E-state index in [1.54, 1.807) is 26.2 Å². The minimum Gasteiger partial charge on any atom is -0.497 e. The van der Waals surface area contributed by atoms with Gasteiger partial charge in [0.15, 0.2) is 5.82 Å². The first kappa shape index (κ1) is 21.7. The highest BCUT2D eigenvalue weighted by molar-refractivity contribution is 6.10. The summed E-state index contributed by atoms with van der Waals surface area (Å²) in [6.07, 6.45) is 3.48. The number of hydrogen-bond acceptors (Lipinski definition) is 6. The minimum atomic E-state index is -0.550. The van der Waals surface area contributed by atoms with Gasteiger partial charge in [-0.05, 0) is 43.3 Å². The highest BCUT2D eigenvalue weighted by Gasteiger charge is 2.14. The molecule has 0 aliphatic carbocycles. The van der Waals surface area contributed by atoms with Gasteiger partial charge in [0.1, 0.15) is 35.5 Å². The van der Waals surface area contributed by atoms with E-state index < -0.39 is 5.91 Å². The number of nitriles is 1. The molecule has 2 aromatic carbocycles. The van der Waals surface area contributed by atoms with E-state index in [-0.39, 0.29) is 11.4 Å². The molecule has 33 heavy (non-hydrogen) atoms. The molecule has 0 fully saturated rings. The second-order valence-corrected chi connectivity index (χ2v) is 7.27. The Morgan fingerprint density at radius 1 is 1.21 bits per heavy atom. The predicted molar refractivity (Wildman–Crippen MR) is 124 cm³/mol. The first-order valence-electron chi connectivity index (χ1n) is 10.3. The number of nitrogens with one attached hydrogen (secondary N) is 1. The second-order valence-electron chi connectivity index (χ2n) is 7.27. The van der Waals surface area contributed by atoms with Crippen LogP contribution in [0.25, 0.3) is 17.0 Å². The number of amides is 1. The van der Waals surface area contributed by atoms with Gasteiger partial charge in [0.2, 0.25) is 0 Å². The molecular formula is C25H22N4O4. The zero-order chi connectivity index (χ0) is 23.2. The molecule has 0 spiro atoms. The molecule has 0 aliphatic heterocycles. The highest BCUT2D eigenvalue weighted by atomic mass is 16.5. The van der Waals surface area contributed by atoms with E-state index in [1.165, 1.54) is 0 Å². The molecule has 1 N–H and O–H groups in total. The number of hydrogen-bond donors (Lipinski definition) is 1. The molecule has 0 unspecified atom stereocenters. The van der Waals surface area contributed by atoms with Crippen LogP contribution in [-0.4, -0.2) is 29.3 Å². The molecule has 166 valence electrons. The fraction of sp³-hybridized carbons (Fsp3) is 0.160. The lowest BCUT2D eigenvalue weighted by Gasteiger charge is -2.09. The summed E-state index contributed by atoms with van der Waals surface area (Å²) in [5.74, 6) is 1.79. The Morgan fingerprint density at radius 2 is 1.97 bits per heavy atom. The van der Waals surface area contributed by atoms with E-state index in [4.69, 9.17) is 14.0 Å². The van der Waals surface area contributed by atoms with Crippen molar-refractivity contribution in [2.75, 3.05) is 19.0 Å². The van der Waals surface area contributed by atoms with E-state index >= 15 is 0 Å². The van der Waals surface area contributed by atoms with Crippen LogP contribution >= 0.6 is 0 Å². The van der Waals surface area contributed by atoms with Crippen molar-refractivity contribution in [2.45, 2.75) is 13.5 Å². The molecule has 4 rings (SSSR count). The van der Waals surface area contributed by atoms with Gasteiger partial charge >= 0.3 is 0 Å². The summed E-state index contributed by atoms with van der Waals surface area (Å²) in [5.41, 5.74) is 1.71. The number of methoxy groups -OCH3 is 1. The van der Waals surface area contributed by atoms with Gasteiger partial charge in [0.05, 0.1) is 13.7 Å². The number of aryl methyl sites for hydroxylation is 1. The lowest BCUT2D eigenvalue weighted by atomic mass is 10.1. The van der Waals surface area contributed by atoms with Crippen molar-refractivity contribution in [3.8, 4) is 17.6 Å². The summed E-state index contributed by atoms with van der Waals surface area (Å²) in [7, 11) is 1.62. The van der Waals surface area contributed by atoms with E-state index in [9.17, 15) is 10.1 Å². The number of anilines is 1. The molecule has 8 nitrogen and oxygen atoms in total. The summed E-state index contributed by atoms with van der Waals surface area (Å²) >= 11 is 0. The summed E-state index contributed by atoms with van der Waals surface area (Å²) < 4.78 is 18.0. The highest BCUT2D eigenvalue weighted by Crippen LogP contribution is 2.24. The Labute approximate surface area is 190 Å². The quantitative estimate of drug-likeness (QED) is 0.317. The Bertz CT molecular complexity index is 1340. The molecular weight excluding hydrogens is 420 g/mol. The van der Waals surface area contributed by atoms with Gasteiger partial charge in [-0.25, -0.2) is 0 Å². The number of carbonyl (C=O) groups is 1. The lowest BCUT2D eigenvalue weighted by Crippen LogP contribution is -2.13. The van der Waals surface area contributed by atoms with Gasteiger partial charge in [0.25, 0.3) is 5.91 Å². The number of aromatic nitrogens is 2. The standard InChI is InChI=1S/C25H22N4O4/c1-17-13-24(28-33-17)27-25(30)18(15-26)14-19-16-29(23-6-4-3-5-22(19)23)11-12-32-21-9-7-20(31-2)8-10-21/h3-10,13-14,16H,11-12H2,1-2H3,(H,27,28,30)/b18-14-. The molecule has 1 amide bonds. The first-order valence-corrected chi connectivity index (χ1v) is 10.3. The molecule has 0 saturated carbocycles. The number of ether oxygens (including phenoxy) is 2. The van der Waals surface area contributed by atoms with Crippen molar-refractivity contribution in [1.82, 2.24) is 9.72 Å². The zero-order valence-electron chi connectivity index (χ0n) is 18.2. The molecule has 2 heterocycles. The number of rotatable bonds is 8. The van der Waals surface area contributed by atoms with Crippen molar-refractivity contribution >= 4 is 28.7 Å². The average Bonchev–Trinajstić information content (AvgIpc) is 3.40. The Balaban J connectivity index is 1.52. The predicted octanol–water partition coefficient (Wildman–Crippen LogP) is 4.57. The van der Waals surface area contributed by atoms with Crippen LogP contribution in [0.3, 0.4) is 0 Å². The average molecular weight is 442 g/mol. The van der Waals surface area contributed by atoms with Crippen LogP contribution in [0, 0.1) is 18.3 Å². The number of carbonyl (C=O) groups excluding carboxylic acids is 1. The molecule has 4 aromatic rings. The van der Waals surface area contributed by atoms with Crippen LogP contribution in [0.5, 0.6) is 11.5 Å². The largest absolute Gasteiger partial charge is 0.497 e. The fourth-order valence-corrected chi connectivity index (χ4v) is 3.42. The summed E-state index contributed by atoms with van der Waals surface area (Å²) in [5, 5.41) is 16.8. The van der Waals surface area contributed by atoms with E-state index in [0.717, 1.165) is 28.0 Å². The normalized spacial score (nSPS) is 11.2. The minimum absolute atomic E-state index is 0.0342. The number of fused-ring (bicyclic) bond motifs is 1. The Hall–Kier alpha value is -4.51. The summed E-state index contributed by atoms with van der Waals surface area (Å²) in [6, 6.07) is 18.8. The third-order valence-electron chi connectivity index (χ3n) is 5.01. The van der Waals surface area contributed by atoms with Crippen LogP contribution in [-0.2, 0) is 11.3 Å². The van der Waals surface area contributed by atoms with E-state index in [2.05, 4.69) is 10.5 Å². The van der Waals surface area contributed by atoms with Gasteiger partial charge < -0.3 is 23.9 Å². The van der Waals surface area contributed by atoms with Gasteiger partial charge in [-0.1, -0.05) is 23.4 Å². The Kier molecular flexibility index (Phi) is 6.41. The maximum absolute atomic E-state index is 12.6. The summed E-state index contributed by atoms with van der Waals surface area (Å²) in [4.78, 5) is 12.6. The number of benzene rings is 2. The fourth-order valence-electron chi connectivity index (χ4n) is 3.42. The first-order chi connectivity index (χ1) is 16.1. The van der Waals surface area contributed by atoms with Crippen LogP contribution < -0.4 is 14.8 Å². The second kappa shape index (κ2) is 9.75. The van der Waals surface area contributed by atoms with Crippen LogP contribution in [0.4, 0.5) is 5.82 Å². The van der Waals surface area contributed by atoms with Gasteiger partial charge in [-0.15, -0.1) is 0 Å². The van der Waals surface area contributed by atoms with Crippen molar-refractivity contribution in [3.05, 3.63) is 77.7 Å². The zero-order valence-corrected chi connectivity index (χ0v) is 18.2. The number of nitrogens with zero attached hydrogens (tertiary/aromatic N) is 3. The lowest BCUT2D eigenvalue weighted by molar-refractivity contribution is -0.112. The monoisotopic (exact) mass is 442 g/mol. The smallest absolute Gasteiger partial charge is 0.267 e. The Morgan fingerprint density at radius 3 is 2.67 bits per heavy atom. The maximum Gasteiger partial charge on any atom is 0.267 e. The molecule has 2 aromatic heterocycles. The van der Waals surface area contributed by atoms with Crippen LogP contribution in [0.15, 0.2) is 70.9 Å². The van der Waals surface area contributed by atoms with Gasteiger partial charge in [-0.2, -0.15) is 5.26 Å².